The van der Waals surface area contributed by atoms with Crippen molar-refractivity contribution in [2.75, 3.05) is 6.54 Å². The van der Waals surface area contributed by atoms with E-state index in [1.807, 2.05) is 18.2 Å². The summed E-state index contributed by atoms with van der Waals surface area (Å²) in [5.41, 5.74) is 1.98. The maximum Gasteiger partial charge on any atom is 0.251 e. The van der Waals surface area contributed by atoms with Crippen molar-refractivity contribution < 1.29 is 4.79 Å². The largest absolute Gasteiger partial charge is 0.351 e. The maximum absolute atomic E-state index is 11.9. The summed E-state index contributed by atoms with van der Waals surface area (Å²) in [6, 6.07) is 5.67. The molecule has 3 heteroatoms. The van der Waals surface area contributed by atoms with E-state index >= 15 is 0 Å². The molecule has 1 fully saturated rings. The molecule has 1 aliphatic carbocycles. The maximum atomic E-state index is 11.9. The van der Waals surface area contributed by atoms with E-state index in [-0.39, 0.29) is 11.3 Å². The van der Waals surface area contributed by atoms with Crippen molar-refractivity contribution in [3.63, 3.8) is 0 Å². The Balaban J connectivity index is 2.16. The molecule has 1 aromatic rings. The fourth-order valence-corrected chi connectivity index (χ4v) is 3.72. The number of carbonyl (C=O) groups is 1. The number of halogens is 1. The summed E-state index contributed by atoms with van der Waals surface area (Å²) in [5, 5.41) is 3.79. The zero-order valence-corrected chi connectivity index (χ0v) is 10.5. The second kappa shape index (κ2) is 4.02. The van der Waals surface area contributed by atoms with Crippen LogP contribution in [0.5, 0.6) is 0 Å². The predicted octanol–water partition coefficient (Wildman–Crippen LogP) is 3.29. The molecule has 0 radical (unpaired) electrons. The Bertz CT molecular complexity index is 463. The minimum Gasteiger partial charge on any atom is -0.351 e. The number of amides is 1. The SMILES string of the molecule is O=C1NCC2(CCCCC2)c2c(Cl)cccc21. The summed E-state index contributed by atoms with van der Waals surface area (Å²) < 4.78 is 0. The van der Waals surface area contributed by atoms with Crippen LogP contribution in [0.3, 0.4) is 0 Å². The molecule has 1 aromatic carbocycles. The van der Waals surface area contributed by atoms with Gasteiger partial charge in [0.05, 0.1) is 0 Å². The Hall–Kier alpha value is -1.02. The standard InChI is InChI=1S/C14H16ClNO/c15-11-6-4-5-10-12(11)14(9-16-13(10)17)7-2-1-3-8-14/h4-6H,1-3,7-9H2,(H,16,17). The highest BCUT2D eigenvalue weighted by atomic mass is 35.5. The van der Waals surface area contributed by atoms with Crippen LogP contribution in [-0.4, -0.2) is 12.5 Å². The Morgan fingerprint density at radius 1 is 1.18 bits per heavy atom. The Labute approximate surface area is 106 Å². The van der Waals surface area contributed by atoms with Crippen molar-refractivity contribution in [3.05, 3.63) is 34.3 Å². The molecular weight excluding hydrogens is 234 g/mol. The number of hydrogen-bond acceptors (Lipinski definition) is 1. The van der Waals surface area contributed by atoms with Gasteiger partial charge in [-0.3, -0.25) is 4.79 Å². The molecule has 1 saturated carbocycles. The molecule has 0 unspecified atom stereocenters. The number of carbonyl (C=O) groups excluding carboxylic acids is 1. The minimum atomic E-state index is 0.0266. The average molecular weight is 250 g/mol. The first-order chi connectivity index (χ1) is 8.23. The van der Waals surface area contributed by atoms with E-state index in [2.05, 4.69) is 5.32 Å². The van der Waals surface area contributed by atoms with E-state index in [0.29, 0.717) is 0 Å². The van der Waals surface area contributed by atoms with Gasteiger partial charge in [-0.1, -0.05) is 36.9 Å². The van der Waals surface area contributed by atoms with Crippen LogP contribution in [0.1, 0.15) is 48.0 Å². The van der Waals surface area contributed by atoms with Gasteiger partial charge in [-0.2, -0.15) is 0 Å². The van der Waals surface area contributed by atoms with Crippen LogP contribution in [0.15, 0.2) is 18.2 Å². The van der Waals surface area contributed by atoms with Crippen LogP contribution in [0, 0.1) is 0 Å². The third-order valence-electron chi connectivity index (χ3n) is 4.19. The lowest BCUT2D eigenvalue weighted by Gasteiger charge is -2.42. The van der Waals surface area contributed by atoms with Crippen molar-refractivity contribution in [1.82, 2.24) is 5.32 Å². The number of benzene rings is 1. The van der Waals surface area contributed by atoms with Gasteiger partial charge in [-0.05, 0) is 30.5 Å². The number of hydrogen-bond donors (Lipinski definition) is 1. The molecule has 1 spiro atoms. The molecule has 0 atom stereocenters. The lowest BCUT2D eigenvalue weighted by atomic mass is 9.66. The fraction of sp³-hybridized carbons (Fsp3) is 0.500. The summed E-state index contributed by atoms with van der Waals surface area (Å²) in [5.74, 6) is 0.0266. The van der Waals surface area contributed by atoms with Crippen LogP contribution in [-0.2, 0) is 5.41 Å². The average Bonchev–Trinajstić information content (AvgIpc) is 2.36. The third-order valence-corrected chi connectivity index (χ3v) is 4.50. The molecule has 17 heavy (non-hydrogen) atoms. The second-order valence-corrected chi connectivity index (χ2v) is 5.59. The van der Waals surface area contributed by atoms with E-state index in [4.69, 9.17) is 11.6 Å². The summed E-state index contributed by atoms with van der Waals surface area (Å²) in [7, 11) is 0. The van der Waals surface area contributed by atoms with Gasteiger partial charge in [-0.15, -0.1) is 0 Å². The van der Waals surface area contributed by atoms with Gasteiger partial charge in [0.25, 0.3) is 5.91 Å². The van der Waals surface area contributed by atoms with Gasteiger partial charge in [-0.25, -0.2) is 0 Å². The monoisotopic (exact) mass is 249 g/mol. The van der Waals surface area contributed by atoms with Gasteiger partial charge in [0.2, 0.25) is 0 Å². The molecule has 90 valence electrons. The van der Waals surface area contributed by atoms with Gasteiger partial charge in [0.15, 0.2) is 0 Å². The van der Waals surface area contributed by atoms with Crippen LogP contribution in [0.25, 0.3) is 0 Å². The lowest BCUT2D eigenvalue weighted by molar-refractivity contribution is 0.0912. The highest BCUT2D eigenvalue weighted by molar-refractivity contribution is 6.32. The Morgan fingerprint density at radius 3 is 2.71 bits per heavy atom. The lowest BCUT2D eigenvalue weighted by Crippen LogP contribution is -2.48. The first kappa shape index (κ1) is 11.1. The van der Waals surface area contributed by atoms with Gasteiger partial charge >= 0.3 is 0 Å². The zero-order valence-electron chi connectivity index (χ0n) is 9.76. The molecule has 3 rings (SSSR count). The van der Waals surface area contributed by atoms with Crippen molar-refractivity contribution in [3.8, 4) is 0 Å². The Morgan fingerprint density at radius 2 is 1.94 bits per heavy atom. The van der Waals surface area contributed by atoms with E-state index in [0.717, 1.165) is 35.5 Å². The Kier molecular flexibility index (Phi) is 2.62. The summed E-state index contributed by atoms with van der Waals surface area (Å²) in [6.45, 7) is 0.753. The number of rotatable bonds is 0. The van der Waals surface area contributed by atoms with E-state index in [9.17, 15) is 4.79 Å². The highest BCUT2D eigenvalue weighted by Crippen LogP contribution is 2.45. The van der Waals surface area contributed by atoms with Crippen LogP contribution in [0.4, 0.5) is 0 Å². The van der Waals surface area contributed by atoms with E-state index < -0.39 is 0 Å². The molecule has 1 amide bonds. The quantitative estimate of drug-likeness (QED) is 0.751. The van der Waals surface area contributed by atoms with Crippen molar-refractivity contribution in [2.24, 2.45) is 0 Å². The smallest absolute Gasteiger partial charge is 0.251 e. The third kappa shape index (κ3) is 1.66. The summed E-state index contributed by atoms with van der Waals surface area (Å²) in [6.07, 6.45) is 6.06. The normalized spacial score (nSPS) is 22.1. The topological polar surface area (TPSA) is 29.1 Å². The molecule has 2 aliphatic rings. The highest BCUT2D eigenvalue weighted by Gasteiger charge is 2.41. The van der Waals surface area contributed by atoms with Crippen molar-refractivity contribution in [1.29, 1.82) is 0 Å². The predicted molar refractivity (Wildman–Crippen MR) is 68.5 cm³/mol. The molecule has 1 aliphatic heterocycles. The number of fused-ring (bicyclic) bond motifs is 2. The molecule has 0 bridgehead atoms. The van der Waals surface area contributed by atoms with Gasteiger partial charge in [0.1, 0.15) is 0 Å². The molecule has 2 nitrogen and oxygen atoms in total. The second-order valence-electron chi connectivity index (χ2n) is 5.19. The summed E-state index contributed by atoms with van der Waals surface area (Å²) in [4.78, 5) is 11.9. The fourth-order valence-electron chi connectivity index (χ4n) is 3.34. The van der Waals surface area contributed by atoms with E-state index in [1.165, 1.54) is 19.3 Å². The van der Waals surface area contributed by atoms with Crippen molar-refractivity contribution >= 4 is 17.5 Å². The molecule has 1 heterocycles. The minimum absolute atomic E-state index is 0.0266. The summed E-state index contributed by atoms with van der Waals surface area (Å²) >= 11 is 6.35. The van der Waals surface area contributed by atoms with Crippen LogP contribution >= 0.6 is 11.6 Å². The zero-order chi connectivity index (χ0) is 11.9. The van der Waals surface area contributed by atoms with Crippen molar-refractivity contribution in [2.45, 2.75) is 37.5 Å². The first-order valence-corrected chi connectivity index (χ1v) is 6.68. The van der Waals surface area contributed by atoms with Gasteiger partial charge < -0.3 is 5.32 Å². The molecular formula is C14H16ClNO. The van der Waals surface area contributed by atoms with Gasteiger partial charge in [0, 0.05) is 22.5 Å². The molecule has 1 N–H and O–H groups in total. The first-order valence-electron chi connectivity index (χ1n) is 6.30. The number of nitrogens with one attached hydrogen (secondary N) is 1. The molecule has 0 aromatic heterocycles. The van der Waals surface area contributed by atoms with E-state index in [1.54, 1.807) is 0 Å². The van der Waals surface area contributed by atoms with Crippen LogP contribution < -0.4 is 5.32 Å². The molecule has 0 saturated heterocycles. The van der Waals surface area contributed by atoms with Crippen LogP contribution in [0.2, 0.25) is 5.02 Å².